The van der Waals surface area contributed by atoms with Crippen LogP contribution in [0.4, 0.5) is 0 Å². The van der Waals surface area contributed by atoms with E-state index in [1.165, 1.54) is 32.5 Å². The normalized spacial score (nSPS) is 20.6. The van der Waals surface area contributed by atoms with Crippen molar-refractivity contribution in [3.05, 3.63) is 0 Å². The topological polar surface area (TPSA) is 32.8 Å². The Kier molecular flexibility index (Phi) is 7.28. The van der Waals surface area contributed by atoms with E-state index in [1.54, 1.807) is 0 Å². The smallest absolute Gasteiger partial charge is 0.305 e. The molecule has 1 fully saturated rings. The molecule has 0 saturated carbocycles. The Balaban J connectivity index is 1.97. The van der Waals surface area contributed by atoms with Crippen molar-refractivity contribution in [1.29, 1.82) is 0 Å². The summed E-state index contributed by atoms with van der Waals surface area (Å²) in [5.41, 5.74) is 0. The molecule has 1 rings (SSSR count). The Morgan fingerprint density at radius 3 is 2.72 bits per heavy atom. The summed E-state index contributed by atoms with van der Waals surface area (Å²) in [6.07, 6.45) is 5.15. The summed E-state index contributed by atoms with van der Waals surface area (Å²) in [4.78, 5) is 16.0. The predicted octanol–water partition coefficient (Wildman–Crippen LogP) is 1.75. The summed E-state index contributed by atoms with van der Waals surface area (Å²) in [7, 11) is 4.32. The first-order valence-electron chi connectivity index (χ1n) is 7.18. The third-order valence-electron chi connectivity index (χ3n) is 3.64. The van der Waals surface area contributed by atoms with Gasteiger partial charge in [-0.3, -0.25) is 4.79 Å². The molecule has 0 bridgehead atoms. The van der Waals surface area contributed by atoms with Gasteiger partial charge in [-0.15, -0.1) is 0 Å². The maximum Gasteiger partial charge on any atom is 0.305 e. The lowest BCUT2D eigenvalue weighted by Gasteiger charge is -2.20. The number of unbranched alkanes of at least 4 members (excludes halogenated alkanes) is 2. The van der Waals surface area contributed by atoms with E-state index >= 15 is 0 Å². The molecule has 0 N–H and O–H groups in total. The number of hydrogen-bond donors (Lipinski definition) is 0. The van der Waals surface area contributed by atoms with Gasteiger partial charge in [0.25, 0.3) is 0 Å². The summed E-state index contributed by atoms with van der Waals surface area (Å²) in [6.45, 7) is 5.95. The maximum atomic E-state index is 11.1. The van der Waals surface area contributed by atoms with Gasteiger partial charge in [-0.25, -0.2) is 0 Å². The number of ether oxygens (including phenoxy) is 1. The van der Waals surface area contributed by atoms with Crippen LogP contribution in [-0.2, 0) is 9.53 Å². The van der Waals surface area contributed by atoms with Gasteiger partial charge < -0.3 is 14.5 Å². The van der Waals surface area contributed by atoms with Crippen molar-refractivity contribution in [3.8, 4) is 0 Å². The maximum absolute atomic E-state index is 11.1. The largest absolute Gasteiger partial charge is 0.466 e. The standard InChI is InChI=1S/C14H28N2O2/c1-4-18-14(17)8-6-5-7-10-16-11-9-13(12-16)15(2)3/h13H,4-12H2,1-3H3. The molecule has 0 aromatic rings. The van der Waals surface area contributed by atoms with Gasteiger partial charge in [0.05, 0.1) is 6.61 Å². The second kappa shape index (κ2) is 8.48. The molecule has 0 aromatic heterocycles. The second-order valence-electron chi connectivity index (χ2n) is 5.32. The molecule has 4 heteroatoms. The van der Waals surface area contributed by atoms with Crippen molar-refractivity contribution in [1.82, 2.24) is 9.80 Å². The zero-order valence-electron chi connectivity index (χ0n) is 12.2. The van der Waals surface area contributed by atoms with E-state index in [1.807, 2.05) is 6.92 Å². The molecule has 4 nitrogen and oxygen atoms in total. The number of rotatable bonds is 8. The lowest BCUT2D eigenvalue weighted by Crippen LogP contribution is -2.31. The van der Waals surface area contributed by atoms with Gasteiger partial charge in [-0.1, -0.05) is 6.42 Å². The Hall–Kier alpha value is -0.610. The average Bonchev–Trinajstić information content (AvgIpc) is 2.78. The van der Waals surface area contributed by atoms with Crippen LogP contribution in [0, 0.1) is 0 Å². The van der Waals surface area contributed by atoms with Crippen LogP contribution >= 0.6 is 0 Å². The van der Waals surface area contributed by atoms with Gasteiger partial charge in [-0.2, -0.15) is 0 Å². The van der Waals surface area contributed by atoms with Crippen LogP contribution in [0.3, 0.4) is 0 Å². The minimum atomic E-state index is -0.0497. The zero-order chi connectivity index (χ0) is 13.4. The first-order valence-corrected chi connectivity index (χ1v) is 7.18. The lowest BCUT2D eigenvalue weighted by molar-refractivity contribution is -0.143. The second-order valence-corrected chi connectivity index (χ2v) is 5.32. The van der Waals surface area contributed by atoms with Crippen molar-refractivity contribution in [2.45, 2.75) is 45.1 Å². The molecule has 18 heavy (non-hydrogen) atoms. The van der Waals surface area contributed by atoms with Crippen molar-refractivity contribution < 1.29 is 9.53 Å². The zero-order valence-corrected chi connectivity index (χ0v) is 12.2. The van der Waals surface area contributed by atoms with Crippen LogP contribution in [0.1, 0.15) is 39.0 Å². The van der Waals surface area contributed by atoms with E-state index < -0.39 is 0 Å². The van der Waals surface area contributed by atoms with Crippen molar-refractivity contribution in [2.75, 3.05) is 40.3 Å². The first-order chi connectivity index (χ1) is 8.63. The van der Waals surface area contributed by atoms with Crippen LogP contribution < -0.4 is 0 Å². The van der Waals surface area contributed by atoms with Crippen LogP contribution in [-0.4, -0.2) is 62.1 Å². The molecule has 1 saturated heterocycles. The molecule has 0 amide bonds. The van der Waals surface area contributed by atoms with Crippen molar-refractivity contribution in [3.63, 3.8) is 0 Å². The number of esters is 1. The number of carbonyl (C=O) groups excluding carboxylic acids is 1. The van der Waals surface area contributed by atoms with Crippen LogP contribution in [0.15, 0.2) is 0 Å². The minimum Gasteiger partial charge on any atom is -0.466 e. The van der Waals surface area contributed by atoms with Crippen LogP contribution in [0.25, 0.3) is 0 Å². The highest BCUT2D eigenvalue weighted by atomic mass is 16.5. The molecule has 106 valence electrons. The molecule has 0 radical (unpaired) electrons. The van der Waals surface area contributed by atoms with E-state index in [-0.39, 0.29) is 5.97 Å². The van der Waals surface area contributed by atoms with Gasteiger partial charge in [0.1, 0.15) is 0 Å². The molecule has 0 aromatic carbocycles. The number of hydrogen-bond acceptors (Lipinski definition) is 4. The fraction of sp³-hybridized carbons (Fsp3) is 0.929. The number of likely N-dealkylation sites (N-methyl/N-ethyl adjacent to an activating group) is 1. The Labute approximate surface area is 111 Å². The van der Waals surface area contributed by atoms with E-state index in [9.17, 15) is 4.79 Å². The van der Waals surface area contributed by atoms with Gasteiger partial charge in [0.2, 0.25) is 0 Å². The molecule has 1 aliphatic rings. The highest BCUT2D eigenvalue weighted by Gasteiger charge is 2.22. The molecular weight excluding hydrogens is 228 g/mol. The molecule has 1 unspecified atom stereocenters. The summed E-state index contributed by atoms with van der Waals surface area (Å²) < 4.78 is 4.91. The molecule has 0 spiro atoms. The van der Waals surface area contributed by atoms with Gasteiger partial charge >= 0.3 is 5.97 Å². The monoisotopic (exact) mass is 256 g/mol. The highest BCUT2D eigenvalue weighted by molar-refractivity contribution is 5.69. The minimum absolute atomic E-state index is 0.0497. The molecule has 0 aliphatic carbocycles. The Morgan fingerprint density at radius 1 is 1.33 bits per heavy atom. The average molecular weight is 256 g/mol. The predicted molar refractivity (Wildman–Crippen MR) is 73.6 cm³/mol. The third-order valence-corrected chi connectivity index (χ3v) is 3.64. The molecule has 1 heterocycles. The SMILES string of the molecule is CCOC(=O)CCCCCN1CCC(N(C)C)C1. The fourth-order valence-electron chi connectivity index (χ4n) is 2.45. The summed E-state index contributed by atoms with van der Waals surface area (Å²) in [6, 6.07) is 0.726. The van der Waals surface area contributed by atoms with Crippen molar-refractivity contribution >= 4 is 5.97 Å². The van der Waals surface area contributed by atoms with E-state index in [0.717, 1.165) is 18.9 Å². The fourth-order valence-corrected chi connectivity index (χ4v) is 2.45. The van der Waals surface area contributed by atoms with Crippen LogP contribution in [0.2, 0.25) is 0 Å². The quantitative estimate of drug-likeness (QED) is 0.489. The lowest BCUT2D eigenvalue weighted by atomic mass is 10.2. The van der Waals surface area contributed by atoms with Gasteiger partial charge in [0.15, 0.2) is 0 Å². The van der Waals surface area contributed by atoms with Crippen LogP contribution in [0.5, 0.6) is 0 Å². The number of likely N-dealkylation sites (tertiary alicyclic amines) is 1. The number of nitrogens with zero attached hydrogens (tertiary/aromatic N) is 2. The first kappa shape index (κ1) is 15.4. The molecule has 1 atom stereocenters. The Morgan fingerprint density at radius 2 is 2.11 bits per heavy atom. The van der Waals surface area contributed by atoms with Gasteiger partial charge in [-0.05, 0) is 53.4 Å². The molecule has 1 aliphatic heterocycles. The summed E-state index contributed by atoms with van der Waals surface area (Å²) in [5, 5.41) is 0. The molecular formula is C14H28N2O2. The summed E-state index contributed by atoms with van der Waals surface area (Å²) >= 11 is 0. The van der Waals surface area contributed by atoms with Crippen molar-refractivity contribution in [2.24, 2.45) is 0 Å². The third kappa shape index (κ3) is 5.83. The number of carbonyl (C=O) groups is 1. The van der Waals surface area contributed by atoms with E-state index in [0.29, 0.717) is 13.0 Å². The Bertz CT molecular complexity index is 244. The summed E-state index contributed by atoms with van der Waals surface area (Å²) in [5.74, 6) is -0.0497. The van der Waals surface area contributed by atoms with Gasteiger partial charge in [0, 0.05) is 19.0 Å². The highest BCUT2D eigenvalue weighted by Crippen LogP contribution is 2.14. The van der Waals surface area contributed by atoms with E-state index in [2.05, 4.69) is 23.9 Å². The van der Waals surface area contributed by atoms with E-state index in [4.69, 9.17) is 4.74 Å².